The van der Waals surface area contributed by atoms with E-state index in [4.69, 9.17) is 0 Å². The van der Waals surface area contributed by atoms with Crippen LogP contribution in [0.1, 0.15) is 47.2 Å². The molecule has 24 heavy (non-hydrogen) atoms. The van der Waals surface area contributed by atoms with E-state index in [1.54, 1.807) is 6.07 Å². The van der Waals surface area contributed by atoms with Crippen LogP contribution in [-0.4, -0.2) is 16.1 Å². The molecule has 8 heteroatoms. The summed E-state index contributed by atoms with van der Waals surface area (Å²) in [7, 11) is 0. The summed E-state index contributed by atoms with van der Waals surface area (Å²) in [5.74, 6) is -0.656. The zero-order valence-corrected chi connectivity index (χ0v) is 13.3. The average molecular weight is 353 g/mol. The Bertz CT molecular complexity index is 785. The molecule has 2 saturated carbocycles. The van der Waals surface area contributed by atoms with Gasteiger partial charge in [-0.25, -0.2) is 0 Å². The van der Waals surface area contributed by atoms with Crippen molar-refractivity contribution in [3.63, 3.8) is 0 Å². The van der Waals surface area contributed by atoms with Gasteiger partial charge in [0.2, 0.25) is 11.0 Å². The molecule has 0 bridgehead atoms. The third-order valence-electron chi connectivity index (χ3n) is 4.39. The van der Waals surface area contributed by atoms with Crippen LogP contribution in [0.4, 0.5) is 18.3 Å². The molecule has 0 radical (unpaired) electrons. The molecule has 1 aromatic heterocycles. The van der Waals surface area contributed by atoms with Crippen LogP contribution in [0.5, 0.6) is 0 Å². The number of carbonyl (C=O) groups excluding carboxylic acids is 1. The molecule has 2 fully saturated rings. The number of alkyl halides is 3. The van der Waals surface area contributed by atoms with Crippen LogP contribution in [0.15, 0.2) is 24.3 Å². The third-order valence-corrected chi connectivity index (χ3v) is 5.39. The summed E-state index contributed by atoms with van der Waals surface area (Å²) < 4.78 is 39.2. The third kappa shape index (κ3) is 3.02. The van der Waals surface area contributed by atoms with Gasteiger partial charge in [-0.1, -0.05) is 29.5 Å². The first kappa shape index (κ1) is 15.6. The molecule has 0 saturated heterocycles. The van der Waals surface area contributed by atoms with Gasteiger partial charge in [0, 0.05) is 11.8 Å². The molecule has 4 nitrogen and oxygen atoms in total. The molecule has 2 atom stereocenters. The van der Waals surface area contributed by atoms with Crippen molar-refractivity contribution in [1.82, 2.24) is 10.2 Å². The molecule has 1 amide bonds. The topological polar surface area (TPSA) is 54.9 Å². The summed E-state index contributed by atoms with van der Waals surface area (Å²) >= 11 is 1.35. The van der Waals surface area contributed by atoms with E-state index in [2.05, 4.69) is 15.5 Å². The van der Waals surface area contributed by atoms with Gasteiger partial charge in [0.05, 0.1) is 5.56 Å². The molecule has 2 aliphatic carbocycles. The quantitative estimate of drug-likeness (QED) is 0.897. The molecule has 1 aromatic carbocycles. The lowest BCUT2D eigenvalue weighted by Crippen LogP contribution is -2.15. The van der Waals surface area contributed by atoms with Crippen LogP contribution in [0.3, 0.4) is 0 Å². The number of halogens is 3. The standard InChI is InChI=1S/C16H14F3N3OS/c17-16(18,19)12-4-2-1-3-9(12)10-7-11(10)13(23)20-15-22-21-14(24-15)8-5-6-8/h1-4,8,10-11H,5-7H2,(H,20,22,23)/t10-,11-/m0/s1. The summed E-state index contributed by atoms with van der Waals surface area (Å²) in [6.45, 7) is 0. The van der Waals surface area contributed by atoms with Gasteiger partial charge in [0.1, 0.15) is 5.01 Å². The largest absolute Gasteiger partial charge is 0.416 e. The predicted octanol–water partition coefficient (Wildman–Crippen LogP) is 4.18. The van der Waals surface area contributed by atoms with E-state index in [0.29, 0.717) is 17.5 Å². The normalized spacial score (nSPS) is 23.1. The molecule has 0 unspecified atom stereocenters. The Kier molecular flexibility index (Phi) is 3.59. The minimum absolute atomic E-state index is 0.195. The first-order valence-corrected chi connectivity index (χ1v) is 8.55. The van der Waals surface area contributed by atoms with Gasteiger partial charge in [-0.15, -0.1) is 10.2 Å². The fourth-order valence-electron chi connectivity index (χ4n) is 2.89. The number of rotatable bonds is 4. The van der Waals surface area contributed by atoms with Gasteiger partial charge < -0.3 is 5.32 Å². The fourth-order valence-corrected chi connectivity index (χ4v) is 3.80. The Morgan fingerprint density at radius 1 is 1.21 bits per heavy atom. The Morgan fingerprint density at radius 2 is 1.96 bits per heavy atom. The molecule has 2 aromatic rings. The number of aromatic nitrogens is 2. The highest BCUT2D eigenvalue weighted by molar-refractivity contribution is 7.15. The van der Waals surface area contributed by atoms with E-state index in [-0.39, 0.29) is 11.5 Å². The van der Waals surface area contributed by atoms with Gasteiger partial charge in [0.15, 0.2) is 0 Å². The van der Waals surface area contributed by atoms with Gasteiger partial charge in [-0.05, 0) is 36.8 Å². The molecule has 2 aliphatic rings. The van der Waals surface area contributed by atoms with Crippen molar-refractivity contribution < 1.29 is 18.0 Å². The number of hydrogen-bond acceptors (Lipinski definition) is 4. The summed E-state index contributed by atoms with van der Waals surface area (Å²) in [5, 5.41) is 12.0. The van der Waals surface area contributed by atoms with Crippen LogP contribution < -0.4 is 5.32 Å². The van der Waals surface area contributed by atoms with Crippen LogP contribution in [-0.2, 0) is 11.0 Å². The number of nitrogens with zero attached hydrogens (tertiary/aromatic N) is 2. The maximum atomic E-state index is 13.1. The van der Waals surface area contributed by atoms with Crippen LogP contribution in [0.25, 0.3) is 0 Å². The van der Waals surface area contributed by atoms with Gasteiger partial charge >= 0.3 is 6.18 Å². The number of carbonyl (C=O) groups is 1. The predicted molar refractivity (Wildman–Crippen MR) is 82.8 cm³/mol. The molecule has 1 N–H and O–H groups in total. The highest BCUT2D eigenvalue weighted by atomic mass is 32.1. The Labute approximate surface area is 140 Å². The number of benzene rings is 1. The molecule has 4 rings (SSSR count). The van der Waals surface area contributed by atoms with Crippen molar-refractivity contribution in [2.75, 3.05) is 5.32 Å². The van der Waals surface area contributed by atoms with Crippen molar-refractivity contribution in [2.24, 2.45) is 5.92 Å². The fraction of sp³-hybridized carbons (Fsp3) is 0.438. The first-order valence-electron chi connectivity index (χ1n) is 7.74. The van der Waals surface area contributed by atoms with E-state index in [1.165, 1.54) is 23.5 Å². The van der Waals surface area contributed by atoms with Crippen molar-refractivity contribution in [3.8, 4) is 0 Å². The molecular formula is C16H14F3N3OS. The van der Waals surface area contributed by atoms with Crippen molar-refractivity contribution in [2.45, 2.75) is 37.3 Å². The molecule has 1 heterocycles. The second-order valence-corrected chi connectivity index (χ2v) is 7.25. The summed E-state index contributed by atoms with van der Waals surface area (Å²) in [5.41, 5.74) is -0.460. The summed E-state index contributed by atoms with van der Waals surface area (Å²) in [6.07, 6.45) is -1.78. The number of amides is 1. The summed E-state index contributed by atoms with van der Waals surface area (Å²) in [4.78, 5) is 12.3. The first-order chi connectivity index (χ1) is 11.4. The van der Waals surface area contributed by atoms with Gasteiger partial charge in [-0.3, -0.25) is 4.79 Å². The number of nitrogens with one attached hydrogen (secondary N) is 1. The zero-order valence-electron chi connectivity index (χ0n) is 12.5. The van der Waals surface area contributed by atoms with E-state index in [9.17, 15) is 18.0 Å². The number of anilines is 1. The van der Waals surface area contributed by atoms with Gasteiger partial charge in [0.25, 0.3) is 0 Å². The summed E-state index contributed by atoms with van der Waals surface area (Å²) in [6, 6.07) is 5.46. The number of hydrogen-bond donors (Lipinski definition) is 1. The second-order valence-electron chi connectivity index (χ2n) is 6.24. The van der Waals surface area contributed by atoms with Crippen LogP contribution >= 0.6 is 11.3 Å². The van der Waals surface area contributed by atoms with Crippen LogP contribution in [0.2, 0.25) is 0 Å². The highest BCUT2D eigenvalue weighted by Gasteiger charge is 2.48. The Morgan fingerprint density at radius 3 is 2.67 bits per heavy atom. The van der Waals surface area contributed by atoms with E-state index >= 15 is 0 Å². The molecule has 0 aliphatic heterocycles. The smallest absolute Gasteiger partial charge is 0.300 e. The zero-order chi connectivity index (χ0) is 16.9. The minimum atomic E-state index is -4.40. The lowest BCUT2D eigenvalue weighted by Gasteiger charge is -2.12. The average Bonchev–Trinajstić information content (AvgIpc) is 3.45. The van der Waals surface area contributed by atoms with Crippen molar-refractivity contribution in [3.05, 3.63) is 40.4 Å². The lowest BCUT2D eigenvalue weighted by atomic mass is 10.0. The minimum Gasteiger partial charge on any atom is -0.300 e. The van der Waals surface area contributed by atoms with Crippen LogP contribution in [0, 0.1) is 5.92 Å². The lowest BCUT2D eigenvalue weighted by molar-refractivity contribution is -0.138. The maximum Gasteiger partial charge on any atom is 0.416 e. The SMILES string of the molecule is O=C(Nc1nnc(C2CC2)s1)[C@H]1C[C@H]1c1ccccc1C(F)(F)F. The maximum absolute atomic E-state index is 13.1. The van der Waals surface area contributed by atoms with E-state index in [0.717, 1.165) is 23.9 Å². The Hall–Kier alpha value is -1.96. The van der Waals surface area contributed by atoms with Gasteiger partial charge in [-0.2, -0.15) is 13.2 Å². The molecule has 0 spiro atoms. The Balaban J connectivity index is 1.45. The van der Waals surface area contributed by atoms with E-state index < -0.39 is 23.6 Å². The van der Waals surface area contributed by atoms with E-state index in [1.807, 2.05) is 0 Å². The highest BCUT2D eigenvalue weighted by Crippen LogP contribution is 2.51. The van der Waals surface area contributed by atoms with Crippen molar-refractivity contribution >= 4 is 22.4 Å². The second kappa shape index (κ2) is 5.54. The molecular weight excluding hydrogens is 339 g/mol. The molecule has 126 valence electrons. The van der Waals surface area contributed by atoms with Crippen molar-refractivity contribution in [1.29, 1.82) is 0 Å². The monoisotopic (exact) mass is 353 g/mol.